The summed E-state index contributed by atoms with van der Waals surface area (Å²) < 4.78 is 0. The predicted octanol–water partition coefficient (Wildman–Crippen LogP) is 0.511. The number of carbonyl (C=O) groups excluding carboxylic acids is 2. The summed E-state index contributed by atoms with van der Waals surface area (Å²) in [5.74, 6) is 0.0823. The second kappa shape index (κ2) is 4.13. The van der Waals surface area contributed by atoms with Crippen LogP contribution in [-0.4, -0.2) is 35.8 Å². The Morgan fingerprint density at radius 2 is 1.94 bits per heavy atom. The quantitative estimate of drug-likeness (QED) is 0.673. The van der Waals surface area contributed by atoms with Crippen molar-refractivity contribution in [3.63, 3.8) is 0 Å². The third kappa shape index (κ3) is 1.73. The van der Waals surface area contributed by atoms with Gasteiger partial charge >= 0.3 is 0 Å². The maximum atomic E-state index is 12.3. The average Bonchev–Trinajstić information content (AvgIpc) is 2.83. The summed E-state index contributed by atoms with van der Waals surface area (Å²) in [5.41, 5.74) is 0. The van der Waals surface area contributed by atoms with Crippen LogP contribution in [0.25, 0.3) is 0 Å². The van der Waals surface area contributed by atoms with E-state index in [0.29, 0.717) is 19.0 Å². The van der Waals surface area contributed by atoms with Gasteiger partial charge in [0.15, 0.2) is 0 Å². The van der Waals surface area contributed by atoms with Crippen LogP contribution in [0.15, 0.2) is 4.99 Å². The van der Waals surface area contributed by atoms with Gasteiger partial charge in [0, 0.05) is 13.1 Å². The van der Waals surface area contributed by atoms with Crippen LogP contribution in [0.1, 0.15) is 32.1 Å². The van der Waals surface area contributed by atoms with Gasteiger partial charge in [0.05, 0.1) is 0 Å². The molecule has 3 aliphatic rings. The zero-order chi connectivity index (χ0) is 11.8. The highest BCUT2D eigenvalue weighted by atomic mass is 16.2. The number of rotatable bonds is 1. The lowest BCUT2D eigenvalue weighted by Gasteiger charge is -2.36. The first-order valence-electron chi connectivity index (χ1n) is 6.44. The molecule has 0 aromatic heterocycles. The van der Waals surface area contributed by atoms with Crippen molar-refractivity contribution in [1.82, 2.24) is 10.2 Å². The molecule has 0 bridgehead atoms. The molecule has 2 fully saturated rings. The van der Waals surface area contributed by atoms with Gasteiger partial charge in [-0.05, 0) is 25.2 Å². The molecular formula is C12H17N3O2. The number of carbonyl (C=O) groups is 2. The zero-order valence-electron chi connectivity index (χ0n) is 9.82. The van der Waals surface area contributed by atoms with Crippen LogP contribution in [0.4, 0.5) is 0 Å². The van der Waals surface area contributed by atoms with Crippen LogP contribution < -0.4 is 5.32 Å². The third-order valence-electron chi connectivity index (χ3n) is 3.98. The van der Waals surface area contributed by atoms with Gasteiger partial charge < -0.3 is 0 Å². The molecule has 17 heavy (non-hydrogen) atoms. The summed E-state index contributed by atoms with van der Waals surface area (Å²) in [4.78, 5) is 30.2. The second-order valence-corrected chi connectivity index (χ2v) is 5.06. The fraction of sp³-hybridized carbons (Fsp3) is 0.750. The molecule has 2 heterocycles. The standard InChI is InChI=1S/C12H17N3O2/c16-10-9(8-4-1-2-5-8)11(17)15-7-3-6-13-12(15)14-10/h8-9H,1-7H2,(H,13,14,16). The molecule has 0 radical (unpaired) electrons. The topological polar surface area (TPSA) is 61.8 Å². The fourth-order valence-electron chi connectivity index (χ4n) is 3.10. The highest BCUT2D eigenvalue weighted by Gasteiger charge is 2.44. The normalized spacial score (nSPS) is 30.0. The van der Waals surface area contributed by atoms with E-state index in [4.69, 9.17) is 0 Å². The van der Waals surface area contributed by atoms with Crippen molar-refractivity contribution < 1.29 is 9.59 Å². The average molecular weight is 235 g/mol. The van der Waals surface area contributed by atoms with Gasteiger partial charge in [0.25, 0.3) is 0 Å². The van der Waals surface area contributed by atoms with E-state index in [-0.39, 0.29) is 17.7 Å². The highest BCUT2D eigenvalue weighted by molar-refractivity contribution is 6.17. The molecule has 1 atom stereocenters. The van der Waals surface area contributed by atoms with Crippen LogP contribution in [0, 0.1) is 11.8 Å². The maximum absolute atomic E-state index is 12.3. The van der Waals surface area contributed by atoms with Crippen LogP contribution in [0.3, 0.4) is 0 Å². The molecular weight excluding hydrogens is 218 g/mol. The summed E-state index contributed by atoms with van der Waals surface area (Å²) in [6, 6.07) is 0. The van der Waals surface area contributed by atoms with E-state index >= 15 is 0 Å². The van der Waals surface area contributed by atoms with E-state index in [0.717, 1.165) is 32.1 Å². The van der Waals surface area contributed by atoms with E-state index in [1.54, 1.807) is 4.90 Å². The first-order valence-corrected chi connectivity index (χ1v) is 6.44. The van der Waals surface area contributed by atoms with Crippen LogP contribution in [-0.2, 0) is 9.59 Å². The Morgan fingerprint density at radius 3 is 2.71 bits per heavy atom. The van der Waals surface area contributed by atoms with Gasteiger partial charge in [0.1, 0.15) is 5.92 Å². The molecule has 0 aromatic carbocycles. The molecule has 1 saturated heterocycles. The molecule has 2 amide bonds. The van der Waals surface area contributed by atoms with Crippen molar-refractivity contribution in [2.24, 2.45) is 16.8 Å². The Kier molecular flexibility index (Phi) is 2.61. The Balaban J connectivity index is 1.85. The number of nitrogens with zero attached hydrogens (tertiary/aromatic N) is 2. The third-order valence-corrected chi connectivity index (χ3v) is 3.98. The lowest BCUT2D eigenvalue weighted by atomic mass is 9.87. The first kappa shape index (κ1) is 10.7. The van der Waals surface area contributed by atoms with Crippen molar-refractivity contribution in [1.29, 1.82) is 0 Å². The Hall–Kier alpha value is -1.39. The van der Waals surface area contributed by atoms with Crippen LogP contribution >= 0.6 is 0 Å². The molecule has 92 valence electrons. The summed E-state index contributed by atoms with van der Waals surface area (Å²) >= 11 is 0. The van der Waals surface area contributed by atoms with Crippen molar-refractivity contribution in [2.75, 3.05) is 13.1 Å². The van der Waals surface area contributed by atoms with Gasteiger partial charge in [-0.2, -0.15) is 0 Å². The van der Waals surface area contributed by atoms with Gasteiger partial charge in [-0.1, -0.05) is 12.8 Å². The van der Waals surface area contributed by atoms with E-state index in [1.165, 1.54) is 0 Å². The summed E-state index contributed by atoms with van der Waals surface area (Å²) in [5, 5.41) is 2.79. The molecule has 0 aromatic rings. The minimum atomic E-state index is -0.463. The van der Waals surface area contributed by atoms with E-state index in [1.807, 2.05) is 0 Å². The Labute approximate surface area is 100 Å². The van der Waals surface area contributed by atoms with Crippen molar-refractivity contribution in [2.45, 2.75) is 32.1 Å². The smallest absolute Gasteiger partial charge is 0.242 e. The molecule has 2 aliphatic heterocycles. The van der Waals surface area contributed by atoms with Crippen molar-refractivity contribution in [3.8, 4) is 0 Å². The molecule has 3 rings (SSSR count). The number of hydrogen-bond acceptors (Lipinski definition) is 3. The van der Waals surface area contributed by atoms with Gasteiger partial charge in [-0.3, -0.25) is 24.8 Å². The minimum absolute atomic E-state index is 0.0286. The largest absolute Gasteiger partial charge is 0.295 e. The molecule has 0 spiro atoms. The monoisotopic (exact) mass is 235 g/mol. The number of hydrogen-bond donors (Lipinski definition) is 1. The fourth-order valence-corrected chi connectivity index (χ4v) is 3.10. The zero-order valence-corrected chi connectivity index (χ0v) is 9.82. The highest BCUT2D eigenvalue weighted by Crippen LogP contribution is 2.34. The van der Waals surface area contributed by atoms with Crippen LogP contribution in [0.2, 0.25) is 0 Å². The molecule has 1 saturated carbocycles. The molecule has 1 aliphatic carbocycles. The van der Waals surface area contributed by atoms with E-state index < -0.39 is 5.92 Å². The molecule has 5 nitrogen and oxygen atoms in total. The van der Waals surface area contributed by atoms with Gasteiger partial charge in [-0.15, -0.1) is 0 Å². The van der Waals surface area contributed by atoms with Gasteiger partial charge in [-0.25, -0.2) is 0 Å². The SMILES string of the molecule is O=C1NC2=NCCCN2C(=O)C1C1CCCC1. The number of aliphatic imine (C=N–C) groups is 1. The number of nitrogens with one attached hydrogen (secondary N) is 1. The molecule has 1 N–H and O–H groups in total. The molecule has 5 heteroatoms. The second-order valence-electron chi connectivity index (χ2n) is 5.06. The van der Waals surface area contributed by atoms with E-state index in [9.17, 15) is 9.59 Å². The first-order chi connectivity index (χ1) is 8.27. The predicted molar refractivity (Wildman–Crippen MR) is 62.2 cm³/mol. The van der Waals surface area contributed by atoms with Crippen molar-refractivity contribution in [3.05, 3.63) is 0 Å². The van der Waals surface area contributed by atoms with Gasteiger partial charge in [0.2, 0.25) is 17.8 Å². The summed E-state index contributed by atoms with van der Waals surface area (Å²) in [6.07, 6.45) is 5.18. The number of amides is 2. The van der Waals surface area contributed by atoms with Crippen LogP contribution in [0.5, 0.6) is 0 Å². The maximum Gasteiger partial charge on any atom is 0.242 e. The van der Waals surface area contributed by atoms with Crippen molar-refractivity contribution >= 4 is 17.8 Å². The summed E-state index contributed by atoms with van der Waals surface area (Å²) in [7, 11) is 0. The lowest BCUT2D eigenvalue weighted by molar-refractivity contribution is -0.144. The van der Waals surface area contributed by atoms with E-state index in [2.05, 4.69) is 10.3 Å². The Morgan fingerprint density at radius 1 is 1.18 bits per heavy atom. The summed E-state index contributed by atoms with van der Waals surface area (Å²) in [6.45, 7) is 1.40. The molecule has 1 unspecified atom stereocenters. The number of fused-ring (bicyclic) bond motifs is 1. The Bertz CT molecular complexity index is 385. The number of guanidine groups is 1. The lowest BCUT2D eigenvalue weighted by Crippen LogP contribution is -2.61. The minimum Gasteiger partial charge on any atom is -0.295 e.